The van der Waals surface area contributed by atoms with Crippen LogP contribution in [0.4, 0.5) is 4.39 Å². The van der Waals surface area contributed by atoms with Crippen LogP contribution in [0.3, 0.4) is 0 Å². The minimum Gasteiger partial charge on any atom is -0.463 e. The van der Waals surface area contributed by atoms with Gasteiger partial charge in [0.2, 0.25) is 5.82 Å². The number of nitrogens with one attached hydrogen (secondary N) is 2. The predicted molar refractivity (Wildman–Crippen MR) is 131 cm³/mol. The third-order valence-electron chi connectivity index (χ3n) is 6.07. The zero-order valence-corrected chi connectivity index (χ0v) is 20.5. The van der Waals surface area contributed by atoms with Crippen molar-refractivity contribution < 1.29 is 13.9 Å². The molecule has 8 nitrogen and oxygen atoms in total. The highest BCUT2D eigenvalue weighted by Gasteiger charge is 2.38. The first kappa shape index (κ1) is 24.5. The summed E-state index contributed by atoms with van der Waals surface area (Å²) in [4.78, 5) is 12.9. The average Bonchev–Trinajstić information content (AvgIpc) is 3.49. The van der Waals surface area contributed by atoms with Gasteiger partial charge < -0.3 is 10.2 Å². The highest BCUT2D eigenvalue weighted by atomic mass is 19.1. The van der Waals surface area contributed by atoms with Crippen molar-refractivity contribution in [1.29, 1.82) is 0 Å². The monoisotopic (exact) mass is 478 g/mol. The summed E-state index contributed by atoms with van der Waals surface area (Å²) in [6.45, 7) is 9.04. The van der Waals surface area contributed by atoms with E-state index in [0.29, 0.717) is 41.1 Å². The first-order valence-corrected chi connectivity index (χ1v) is 12.0. The number of carbonyl (C=O) groups is 1. The zero-order chi connectivity index (χ0) is 24.9. The molecule has 2 heterocycles. The standard InChI is InChI=1S/C26H31FN6O2/c1-5-13-33-22(23(26(34)35-6-2)24(30-33)16(3)4)15-17-11-12-19(21(27)14-17)18-9-7-8-10-20(18)25-28-31-32-29-25/h7-12,14,16,22,30H,5-6,13,15H2,1-4H3,(H,28,29,31,32). The summed E-state index contributed by atoms with van der Waals surface area (Å²) in [6.07, 6.45) is 1.38. The molecule has 2 aromatic carbocycles. The maximum absolute atomic E-state index is 15.5. The van der Waals surface area contributed by atoms with E-state index in [1.54, 1.807) is 19.1 Å². The number of hydrogen-bond donors (Lipinski definition) is 2. The van der Waals surface area contributed by atoms with Crippen molar-refractivity contribution >= 4 is 5.97 Å². The van der Waals surface area contributed by atoms with E-state index in [0.717, 1.165) is 24.2 Å². The first-order valence-electron chi connectivity index (χ1n) is 12.0. The number of benzene rings is 2. The minimum atomic E-state index is -0.350. The van der Waals surface area contributed by atoms with Crippen LogP contribution in [0.1, 0.15) is 39.7 Å². The molecule has 0 amide bonds. The molecule has 0 aliphatic carbocycles. The molecule has 0 spiro atoms. The number of rotatable bonds is 9. The molecule has 3 aromatic rings. The Morgan fingerprint density at radius 3 is 2.54 bits per heavy atom. The fourth-order valence-corrected chi connectivity index (χ4v) is 4.50. The van der Waals surface area contributed by atoms with Crippen molar-refractivity contribution in [3.63, 3.8) is 0 Å². The van der Waals surface area contributed by atoms with Crippen LogP contribution in [-0.4, -0.2) is 50.8 Å². The first-order chi connectivity index (χ1) is 16.9. The van der Waals surface area contributed by atoms with Crippen LogP contribution in [0.25, 0.3) is 22.5 Å². The minimum absolute atomic E-state index is 0.125. The summed E-state index contributed by atoms with van der Waals surface area (Å²) in [7, 11) is 0. The normalized spacial score (nSPS) is 16.1. The number of nitrogens with zero attached hydrogens (tertiary/aromatic N) is 4. The van der Waals surface area contributed by atoms with Gasteiger partial charge in [0.1, 0.15) is 5.82 Å². The van der Waals surface area contributed by atoms with Gasteiger partial charge in [-0.25, -0.2) is 14.2 Å². The van der Waals surface area contributed by atoms with Gasteiger partial charge in [0.15, 0.2) is 0 Å². The summed E-state index contributed by atoms with van der Waals surface area (Å²) in [5.74, 6) is -0.142. The smallest absolute Gasteiger partial charge is 0.337 e. The largest absolute Gasteiger partial charge is 0.463 e. The Morgan fingerprint density at radius 2 is 1.91 bits per heavy atom. The highest BCUT2D eigenvalue weighted by molar-refractivity contribution is 5.91. The van der Waals surface area contributed by atoms with Gasteiger partial charge in [-0.1, -0.05) is 57.2 Å². The van der Waals surface area contributed by atoms with Gasteiger partial charge in [-0.3, -0.25) is 0 Å². The van der Waals surface area contributed by atoms with E-state index in [4.69, 9.17) is 4.74 Å². The Kier molecular flexibility index (Phi) is 7.55. The van der Waals surface area contributed by atoms with Crippen molar-refractivity contribution in [3.8, 4) is 22.5 Å². The number of H-pyrrole nitrogens is 1. The SMILES string of the molecule is CCCN1NC(C(C)C)=C(C(=O)OCC)C1Cc1ccc(-c2ccccc2-c2nn[nH]n2)c(F)c1. The number of ether oxygens (including phenoxy) is 1. The van der Waals surface area contributed by atoms with E-state index < -0.39 is 0 Å². The number of aromatic amines is 1. The van der Waals surface area contributed by atoms with Crippen LogP contribution in [-0.2, 0) is 16.0 Å². The Hall–Kier alpha value is -3.59. The average molecular weight is 479 g/mol. The lowest BCUT2D eigenvalue weighted by Crippen LogP contribution is -2.42. The van der Waals surface area contributed by atoms with Gasteiger partial charge >= 0.3 is 5.97 Å². The second kappa shape index (κ2) is 10.8. The molecule has 0 bridgehead atoms. The molecule has 0 fully saturated rings. The number of aromatic nitrogens is 4. The van der Waals surface area contributed by atoms with Crippen LogP contribution in [0.15, 0.2) is 53.7 Å². The summed E-state index contributed by atoms with van der Waals surface area (Å²) in [6, 6.07) is 12.4. The third kappa shape index (κ3) is 5.09. The molecule has 4 rings (SSSR count). The molecule has 1 aliphatic rings. The fraction of sp³-hybridized carbons (Fsp3) is 0.385. The Morgan fingerprint density at radius 1 is 1.14 bits per heavy atom. The van der Waals surface area contributed by atoms with Crippen molar-refractivity contribution in [1.82, 2.24) is 31.1 Å². The Labute approximate surface area is 204 Å². The molecule has 1 unspecified atom stereocenters. The molecule has 9 heteroatoms. The van der Waals surface area contributed by atoms with Gasteiger partial charge in [0.25, 0.3) is 0 Å². The van der Waals surface area contributed by atoms with Crippen molar-refractivity contribution in [2.45, 2.75) is 46.6 Å². The van der Waals surface area contributed by atoms with E-state index in [1.165, 1.54) is 0 Å². The molecule has 184 valence electrons. The number of hydrogen-bond acceptors (Lipinski definition) is 7. The topological polar surface area (TPSA) is 96.0 Å². The molecular weight excluding hydrogens is 447 g/mol. The van der Waals surface area contributed by atoms with Crippen LogP contribution < -0.4 is 5.43 Å². The zero-order valence-electron chi connectivity index (χ0n) is 20.5. The Bertz CT molecular complexity index is 1210. The fourth-order valence-electron chi connectivity index (χ4n) is 4.50. The lowest BCUT2D eigenvalue weighted by molar-refractivity contribution is -0.139. The van der Waals surface area contributed by atoms with Gasteiger partial charge in [-0.2, -0.15) is 5.21 Å². The van der Waals surface area contributed by atoms with Crippen molar-refractivity contribution in [3.05, 3.63) is 65.1 Å². The third-order valence-corrected chi connectivity index (χ3v) is 6.07. The lowest BCUT2D eigenvalue weighted by atomic mass is 9.93. The molecule has 2 N–H and O–H groups in total. The van der Waals surface area contributed by atoms with Crippen molar-refractivity contribution in [2.24, 2.45) is 5.92 Å². The van der Waals surface area contributed by atoms with Gasteiger partial charge in [-0.05, 0) is 48.1 Å². The lowest BCUT2D eigenvalue weighted by Gasteiger charge is -2.26. The molecule has 35 heavy (non-hydrogen) atoms. The second-order valence-electron chi connectivity index (χ2n) is 8.82. The molecule has 1 atom stereocenters. The molecule has 0 saturated heterocycles. The van der Waals surface area contributed by atoms with Gasteiger partial charge in [0.05, 0.1) is 18.2 Å². The molecule has 0 saturated carbocycles. The summed E-state index contributed by atoms with van der Waals surface area (Å²) < 4.78 is 20.9. The van der Waals surface area contributed by atoms with E-state index in [-0.39, 0.29) is 23.7 Å². The van der Waals surface area contributed by atoms with Gasteiger partial charge in [0, 0.05) is 23.4 Å². The number of carbonyl (C=O) groups excluding carboxylic acids is 1. The van der Waals surface area contributed by atoms with Crippen LogP contribution in [0.5, 0.6) is 0 Å². The quantitative estimate of drug-likeness (QED) is 0.443. The highest BCUT2D eigenvalue weighted by Crippen LogP contribution is 2.33. The maximum Gasteiger partial charge on any atom is 0.337 e. The van der Waals surface area contributed by atoms with Crippen molar-refractivity contribution in [2.75, 3.05) is 13.2 Å². The van der Waals surface area contributed by atoms with E-state index in [1.807, 2.05) is 44.2 Å². The second-order valence-corrected chi connectivity index (χ2v) is 8.82. The number of hydrazine groups is 1. The maximum atomic E-state index is 15.5. The molecular formula is C26H31FN6O2. The Balaban J connectivity index is 1.67. The number of esters is 1. The van der Waals surface area contributed by atoms with Crippen LogP contribution >= 0.6 is 0 Å². The van der Waals surface area contributed by atoms with Gasteiger partial charge in [-0.15, -0.1) is 10.2 Å². The number of halogens is 1. The van der Waals surface area contributed by atoms with Crippen LogP contribution in [0, 0.1) is 11.7 Å². The number of tetrazole rings is 1. The van der Waals surface area contributed by atoms with E-state index in [2.05, 4.69) is 38.0 Å². The van der Waals surface area contributed by atoms with E-state index in [9.17, 15) is 4.79 Å². The molecule has 1 aromatic heterocycles. The summed E-state index contributed by atoms with van der Waals surface area (Å²) >= 11 is 0. The summed E-state index contributed by atoms with van der Waals surface area (Å²) in [5, 5.41) is 16.2. The van der Waals surface area contributed by atoms with Crippen LogP contribution in [0.2, 0.25) is 0 Å². The predicted octanol–water partition coefficient (Wildman–Crippen LogP) is 4.29. The number of allylic oxidation sites excluding steroid dienone is 1. The van der Waals surface area contributed by atoms with E-state index >= 15 is 4.39 Å². The summed E-state index contributed by atoms with van der Waals surface area (Å²) in [5.41, 5.74) is 7.54. The molecule has 1 aliphatic heterocycles. The molecule has 0 radical (unpaired) electrons.